The summed E-state index contributed by atoms with van der Waals surface area (Å²) in [5.41, 5.74) is 6.89. The lowest BCUT2D eigenvalue weighted by Crippen LogP contribution is -2.36. The second-order valence-electron chi connectivity index (χ2n) is 8.04. The zero-order valence-electron chi connectivity index (χ0n) is 18.5. The molecule has 1 aromatic carbocycles. The standard InChI is InChI=1S/C22H27ClFN7O2/c1-16(23)22(11-25-26-15-32)30-5-4-21-20(14-30)27-28-31(21)13-17-2-3-19(24)10-18(17)12-29-6-8-33-9-7-29/h2-3,10-11,15H,4-9,12-14H2,1H3,(H,26,32)/b22-16-,25-11-. The third-order valence-corrected chi connectivity index (χ3v) is 6.06. The minimum absolute atomic E-state index is 0.236. The molecule has 0 unspecified atom stereocenters. The first kappa shape index (κ1) is 23.3. The van der Waals surface area contributed by atoms with Crippen LogP contribution in [0.4, 0.5) is 4.39 Å². The van der Waals surface area contributed by atoms with Crippen LogP contribution in [0.15, 0.2) is 34.0 Å². The van der Waals surface area contributed by atoms with Crippen molar-refractivity contribution in [3.63, 3.8) is 0 Å². The Labute approximate surface area is 196 Å². The van der Waals surface area contributed by atoms with E-state index in [1.54, 1.807) is 13.0 Å². The van der Waals surface area contributed by atoms with Crippen molar-refractivity contribution in [3.8, 4) is 0 Å². The minimum Gasteiger partial charge on any atom is -0.379 e. The predicted octanol–water partition coefficient (Wildman–Crippen LogP) is 1.86. The maximum absolute atomic E-state index is 14.0. The van der Waals surface area contributed by atoms with Crippen LogP contribution in [0.3, 0.4) is 0 Å². The average Bonchev–Trinajstić information content (AvgIpc) is 3.21. The Hall–Kier alpha value is -2.82. The van der Waals surface area contributed by atoms with Crippen molar-refractivity contribution in [2.45, 2.75) is 33.0 Å². The Kier molecular flexibility index (Phi) is 7.69. The molecule has 11 heteroatoms. The number of aromatic nitrogens is 3. The lowest BCUT2D eigenvalue weighted by atomic mass is 10.1. The van der Waals surface area contributed by atoms with E-state index in [0.717, 1.165) is 47.7 Å². The fourth-order valence-corrected chi connectivity index (χ4v) is 4.34. The molecule has 2 aromatic rings. The molecule has 1 amide bonds. The highest BCUT2D eigenvalue weighted by Gasteiger charge is 2.24. The number of carbonyl (C=O) groups excluding carboxylic acids is 1. The molecular formula is C22H27ClFN7O2. The normalized spacial score (nSPS) is 17.7. The molecule has 3 heterocycles. The number of nitrogens with zero attached hydrogens (tertiary/aromatic N) is 6. The van der Waals surface area contributed by atoms with Crippen LogP contribution in [0.2, 0.25) is 0 Å². The average molecular weight is 476 g/mol. The van der Waals surface area contributed by atoms with E-state index in [1.165, 1.54) is 12.3 Å². The third kappa shape index (κ3) is 5.76. The highest BCUT2D eigenvalue weighted by molar-refractivity contribution is 6.30. The number of morpholine rings is 1. The maximum atomic E-state index is 14.0. The first-order valence-corrected chi connectivity index (χ1v) is 11.2. The number of benzene rings is 1. The quantitative estimate of drug-likeness (QED) is 0.356. The number of amides is 1. The number of hydrogen-bond acceptors (Lipinski definition) is 7. The fourth-order valence-electron chi connectivity index (χ4n) is 4.17. The molecule has 1 fully saturated rings. The first-order chi connectivity index (χ1) is 16.0. The van der Waals surface area contributed by atoms with Crippen LogP contribution in [-0.2, 0) is 35.6 Å². The monoisotopic (exact) mass is 475 g/mol. The molecule has 1 saturated heterocycles. The molecule has 176 valence electrons. The van der Waals surface area contributed by atoms with E-state index in [9.17, 15) is 9.18 Å². The van der Waals surface area contributed by atoms with Crippen LogP contribution in [0.1, 0.15) is 29.4 Å². The van der Waals surface area contributed by atoms with E-state index in [-0.39, 0.29) is 5.82 Å². The Bertz CT molecular complexity index is 1050. The van der Waals surface area contributed by atoms with E-state index in [1.807, 2.05) is 10.7 Å². The molecule has 33 heavy (non-hydrogen) atoms. The molecule has 0 atom stereocenters. The van der Waals surface area contributed by atoms with Gasteiger partial charge in [-0.05, 0) is 30.2 Å². The fraction of sp³-hybridized carbons (Fsp3) is 0.455. The number of ether oxygens (including phenoxy) is 1. The molecule has 0 aliphatic carbocycles. The molecule has 0 spiro atoms. The summed E-state index contributed by atoms with van der Waals surface area (Å²) in [7, 11) is 0. The van der Waals surface area contributed by atoms with Gasteiger partial charge in [-0.25, -0.2) is 14.5 Å². The smallest absolute Gasteiger partial charge is 0.227 e. The summed E-state index contributed by atoms with van der Waals surface area (Å²) in [5.74, 6) is -0.236. The van der Waals surface area contributed by atoms with Crippen LogP contribution in [0.5, 0.6) is 0 Å². The lowest BCUT2D eigenvalue weighted by molar-refractivity contribution is -0.109. The molecule has 4 rings (SSSR count). The van der Waals surface area contributed by atoms with Gasteiger partial charge in [0, 0.05) is 37.6 Å². The van der Waals surface area contributed by atoms with Gasteiger partial charge in [-0.3, -0.25) is 9.69 Å². The third-order valence-electron chi connectivity index (χ3n) is 5.87. The Morgan fingerprint density at radius 1 is 1.27 bits per heavy atom. The number of allylic oxidation sites excluding steroid dienone is 2. The Morgan fingerprint density at radius 2 is 2.09 bits per heavy atom. The van der Waals surface area contributed by atoms with Crippen LogP contribution in [-0.4, -0.2) is 70.3 Å². The number of rotatable bonds is 8. The van der Waals surface area contributed by atoms with Gasteiger partial charge in [-0.15, -0.1) is 5.10 Å². The van der Waals surface area contributed by atoms with Crippen molar-refractivity contribution in [1.29, 1.82) is 0 Å². The highest BCUT2D eigenvalue weighted by atomic mass is 35.5. The molecule has 0 saturated carbocycles. The van der Waals surface area contributed by atoms with E-state index in [0.29, 0.717) is 50.8 Å². The van der Waals surface area contributed by atoms with Crippen molar-refractivity contribution in [3.05, 3.63) is 57.3 Å². The first-order valence-electron chi connectivity index (χ1n) is 10.9. The number of fused-ring (bicyclic) bond motifs is 1. The van der Waals surface area contributed by atoms with Crippen molar-refractivity contribution in [2.24, 2.45) is 5.10 Å². The number of hydrogen-bond donors (Lipinski definition) is 1. The van der Waals surface area contributed by atoms with E-state index < -0.39 is 0 Å². The zero-order valence-corrected chi connectivity index (χ0v) is 19.3. The molecule has 0 bridgehead atoms. The summed E-state index contributed by atoms with van der Waals surface area (Å²) in [6.45, 7) is 7.31. The van der Waals surface area contributed by atoms with Crippen LogP contribution >= 0.6 is 11.6 Å². The van der Waals surface area contributed by atoms with Gasteiger partial charge in [-0.2, -0.15) is 5.10 Å². The molecule has 0 radical (unpaired) electrons. The summed E-state index contributed by atoms with van der Waals surface area (Å²) in [4.78, 5) is 14.8. The van der Waals surface area contributed by atoms with Gasteiger partial charge in [0.15, 0.2) is 0 Å². The van der Waals surface area contributed by atoms with Gasteiger partial charge in [-0.1, -0.05) is 22.9 Å². The number of halogens is 2. The van der Waals surface area contributed by atoms with Gasteiger partial charge in [0.1, 0.15) is 11.5 Å². The maximum Gasteiger partial charge on any atom is 0.227 e. The number of hydrazone groups is 1. The molecule has 1 aromatic heterocycles. The van der Waals surface area contributed by atoms with Gasteiger partial charge < -0.3 is 9.64 Å². The number of nitrogens with one attached hydrogen (secondary N) is 1. The second-order valence-corrected chi connectivity index (χ2v) is 8.60. The van der Waals surface area contributed by atoms with Crippen LogP contribution in [0, 0.1) is 5.82 Å². The molecule has 2 aliphatic heterocycles. The van der Waals surface area contributed by atoms with Gasteiger partial charge >= 0.3 is 0 Å². The minimum atomic E-state index is -0.236. The summed E-state index contributed by atoms with van der Waals surface area (Å²) in [6, 6.07) is 4.95. The topological polar surface area (TPSA) is 87.9 Å². The summed E-state index contributed by atoms with van der Waals surface area (Å²) >= 11 is 6.25. The van der Waals surface area contributed by atoms with Gasteiger partial charge in [0.05, 0.1) is 43.9 Å². The van der Waals surface area contributed by atoms with Crippen LogP contribution < -0.4 is 5.43 Å². The van der Waals surface area contributed by atoms with Crippen molar-refractivity contribution in [1.82, 2.24) is 30.2 Å². The summed E-state index contributed by atoms with van der Waals surface area (Å²) < 4.78 is 21.3. The zero-order chi connectivity index (χ0) is 23.2. The predicted molar refractivity (Wildman–Crippen MR) is 122 cm³/mol. The van der Waals surface area contributed by atoms with E-state index in [2.05, 4.69) is 30.6 Å². The van der Waals surface area contributed by atoms with E-state index >= 15 is 0 Å². The van der Waals surface area contributed by atoms with Gasteiger partial charge in [0.2, 0.25) is 6.41 Å². The van der Waals surface area contributed by atoms with Crippen molar-refractivity contribution in [2.75, 3.05) is 32.8 Å². The van der Waals surface area contributed by atoms with Gasteiger partial charge in [0.25, 0.3) is 0 Å². The molecule has 1 N–H and O–H groups in total. The van der Waals surface area contributed by atoms with Crippen molar-refractivity contribution >= 4 is 24.2 Å². The largest absolute Gasteiger partial charge is 0.379 e. The SMILES string of the molecule is C/C(Cl)=C(\C=N/NC=O)N1CCc2c(nnn2Cc2ccc(F)cc2CN2CCOCC2)C1. The van der Waals surface area contributed by atoms with Crippen molar-refractivity contribution < 1.29 is 13.9 Å². The number of carbonyl (C=O) groups is 1. The Morgan fingerprint density at radius 3 is 2.85 bits per heavy atom. The van der Waals surface area contributed by atoms with E-state index in [4.69, 9.17) is 16.3 Å². The summed E-state index contributed by atoms with van der Waals surface area (Å²) in [6.07, 6.45) is 2.76. The Balaban J connectivity index is 1.50. The molecule has 9 nitrogen and oxygen atoms in total. The molecular weight excluding hydrogens is 449 g/mol. The summed E-state index contributed by atoms with van der Waals surface area (Å²) in [5, 5.41) is 13.2. The second kappa shape index (κ2) is 10.9. The highest BCUT2D eigenvalue weighted by Crippen LogP contribution is 2.24. The molecule has 2 aliphatic rings. The van der Waals surface area contributed by atoms with Crippen LogP contribution in [0.25, 0.3) is 0 Å². The lowest BCUT2D eigenvalue weighted by Gasteiger charge is -2.29.